The van der Waals surface area contributed by atoms with Gasteiger partial charge in [-0.1, -0.05) is 54.6 Å². The monoisotopic (exact) mass is 400 g/mol. The molecule has 0 aliphatic carbocycles. The third-order valence-corrected chi connectivity index (χ3v) is 5.37. The molecule has 1 aliphatic heterocycles. The quantitative estimate of drug-likeness (QED) is 0.690. The smallest absolute Gasteiger partial charge is 0.241 e. The lowest BCUT2D eigenvalue weighted by Gasteiger charge is -2.30. The summed E-state index contributed by atoms with van der Waals surface area (Å²) in [6, 6.07) is 24.7. The Morgan fingerprint density at radius 3 is 2.37 bits per heavy atom. The zero-order valence-electron chi connectivity index (χ0n) is 16.8. The van der Waals surface area contributed by atoms with Gasteiger partial charge in [0.25, 0.3) is 0 Å². The lowest BCUT2D eigenvalue weighted by atomic mass is 10.0. The van der Waals surface area contributed by atoms with Gasteiger partial charge in [0.15, 0.2) is 0 Å². The van der Waals surface area contributed by atoms with Gasteiger partial charge in [0, 0.05) is 19.7 Å². The van der Waals surface area contributed by atoms with Gasteiger partial charge >= 0.3 is 0 Å². The van der Waals surface area contributed by atoms with Crippen molar-refractivity contribution in [2.24, 2.45) is 5.92 Å². The normalized spacial score (nSPS) is 16.9. The molecule has 4 rings (SSSR count). The van der Waals surface area contributed by atoms with Gasteiger partial charge in [0.2, 0.25) is 11.8 Å². The van der Waals surface area contributed by atoms with Crippen LogP contribution in [0.2, 0.25) is 0 Å². The van der Waals surface area contributed by atoms with Crippen LogP contribution in [-0.2, 0) is 9.59 Å². The number of carbonyl (C=O) groups is 2. The largest absolute Gasteiger partial charge is 0.343 e. The van der Waals surface area contributed by atoms with Crippen molar-refractivity contribution in [1.82, 2.24) is 15.3 Å². The number of anilines is 1. The fraction of sp³-hybridized carbons (Fsp3) is 0.208. The minimum atomic E-state index is -0.418. The van der Waals surface area contributed by atoms with E-state index < -0.39 is 5.92 Å². The topological polar surface area (TPSA) is 65.5 Å². The Morgan fingerprint density at radius 1 is 1.03 bits per heavy atom. The molecule has 0 spiro atoms. The van der Waals surface area contributed by atoms with Crippen LogP contribution in [0.15, 0.2) is 85.1 Å². The van der Waals surface area contributed by atoms with Crippen LogP contribution in [-0.4, -0.2) is 35.4 Å². The van der Waals surface area contributed by atoms with E-state index in [0.29, 0.717) is 6.54 Å². The molecule has 2 amide bonds. The molecule has 0 bridgehead atoms. The van der Waals surface area contributed by atoms with Crippen LogP contribution in [0, 0.1) is 5.92 Å². The second kappa shape index (κ2) is 8.78. The Labute approximate surface area is 176 Å². The van der Waals surface area contributed by atoms with Gasteiger partial charge in [-0.05, 0) is 29.8 Å². The van der Waals surface area contributed by atoms with Gasteiger partial charge in [-0.25, -0.2) is 0 Å². The van der Waals surface area contributed by atoms with Crippen LogP contribution in [0.5, 0.6) is 0 Å². The van der Waals surface area contributed by atoms with E-state index in [2.05, 4.69) is 10.3 Å². The summed E-state index contributed by atoms with van der Waals surface area (Å²) in [5.74, 6) is -0.624. The van der Waals surface area contributed by atoms with Crippen molar-refractivity contribution in [1.29, 1.82) is 0 Å². The fourth-order valence-electron chi connectivity index (χ4n) is 3.72. The first-order valence-corrected chi connectivity index (χ1v) is 9.99. The first kappa shape index (κ1) is 19.6. The Balaban J connectivity index is 1.50. The van der Waals surface area contributed by atoms with Crippen LogP contribution < -0.4 is 10.3 Å². The summed E-state index contributed by atoms with van der Waals surface area (Å²) in [5, 5.41) is 6.56. The van der Waals surface area contributed by atoms with Crippen molar-refractivity contribution < 1.29 is 9.59 Å². The van der Waals surface area contributed by atoms with Crippen LogP contribution in [0.3, 0.4) is 0 Å². The number of para-hydroxylation sites is 1. The Bertz CT molecular complexity index is 956. The summed E-state index contributed by atoms with van der Waals surface area (Å²) in [6.07, 6.45) is 1.90. The molecule has 0 saturated carbocycles. The van der Waals surface area contributed by atoms with E-state index in [1.54, 1.807) is 11.2 Å². The standard InChI is InChI=1S/C24H24N4O2/c1-27(20-12-6-3-7-13-20)28-17-19(16-22(28)29)24(30)26-23(18-10-4-2-5-11-18)21-14-8-9-15-25-21/h2-15,19,23H,16-17H2,1H3,(H,26,30). The molecule has 6 heteroatoms. The molecule has 1 saturated heterocycles. The fourth-order valence-corrected chi connectivity index (χ4v) is 3.72. The minimum Gasteiger partial charge on any atom is -0.343 e. The number of nitrogens with zero attached hydrogens (tertiary/aromatic N) is 3. The zero-order chi connectivity index (χ0) is 20.9. The van der Waals surface area contributed by atoms with Crippen molar-refractivity contribution in [3.63, 3.8) is 0 Å². The molecular weight excluding hydrogens is 376 g/mol. The summed E-state index contributed by atoms with van der Waals surface area (Å²) < 4.78 is 0. The first-order chi connectivity index (χ1) is 14.6. The number of carbonyl (C=O) groups excluding carboxylic acids is 2. The molecule has 2 unspecified atom stereocenters. The molecule has 2 aromatic carbocycles. The van der Waals surface area contributed by atoms with Crippen molar-refractivity contribution in [2.45, 2.75) is 12.5 Å². The average Bonchev–Trinajstić information content (AvgIpc) is 3.20. The Kier molecular flexibility index (Phi) is 5.75. The predicted molar refractivity (Wildman–Crippen MR) is 115 cm³/mol. The molecule has 1 aliphatic rings. The summed E-state index contributed by atoms with van der Waals surface area (Å²) in [4.78, 5) is 30.2. The van der Waals surface area contributed by atoms with E-state index in [-0.39, 0.29) is 24.3 Å². The lowest BCUT2D eigenvalue weighted by Crippen LogP contribution is -2.42. The number of hydrogen-bond acceptors (Lipinski definition) is 4. The number of hydrazine groups is 1. The molecule has 0 radical (unpaired) electrons. The lowest BCUT2D eigenvalue weighted by molar-refractivity contribution is -0.129. The van der Waals surface area contributed by atoms with Gasteiger partial charge in [-0.15, -0.1) is 0 Å². The van der Waals surface area contributed by atoms with E-state index in [9.17, 15) is 9.59 Å². The number of amides is 2. The molecule has 1 fully saturated rings. The van der Waals surface area contributed by atoms with E-state index in [0.717, 1.165) is 16.9 Å². The number of benzene rings is 2. The van der Waals surface area contributed by atoms with E-state index in [1.165, 1.54) is 0 Å². The van der Waals surface area contributed by atoms with Gasteiger partial charge in [-0.3, -0.25) is 24.6 Å². The Morgan fingerprint density at radius 2 is 1.70 bits per heavy atom. The average molecular weight is 400 g/mol. The summed E-state index contributed by atoms with van der Waals surface area (Å²) in [7, 11) is 1.84. The van der Waals surface area contributed by atoms with Crippen LogP contribution in [0.1, 0.15) is 23.7 Å². The predicted octanol–water partition coefficient (Wildman–Crippen LogP) is 3.19. The molecular formula is C24H24N4O2. The summed E-state index contributed by atoms with van der Waals surface area (Å²) in [5.41, 5.74) is 2.62. The van der Waals surface area contributed by atoms with Crippen molar-refractivity contribution in [3.8, 4) is 0 Å². The van der Waals surface area contributed by atoms with Crippen molar-refractivity contribution in [3.05, 3.63) is 96.3 Å². The maximum Gasteiger partial charge on any atom is 0.241 e. The Hall–Kier alpha value is -3.67. The van der Waals surface area contributed by atoms with E-state index in [1.807, 2.05) is 90.9 Å². The number of pyridine rings is 1. The molecule has 2 atom stereocenters. The zero-order valence-corrected chi connectivity index (χ0v) is 16.8. The van der Waals surface area contributed by atoms with Gasteiger partial charge < -0.3 is 5.32 Å². The van der Waals surface area contributed by atoms with Crippen LogP contribution in [0.4, 0.5) is 5.69 Å². The molecule has 1 aromatic heterocycles. The third-order valence-electron chi connectivity index (χ3n) is 5.37. The van der Waals surface area contributed by atoms with Gasteiger partial charge in [-0.2, -0.15) is 0 Å². The number of aromatic nitrogens is 1. The molecule has 1 N–H and O–H groups in total. The van der Waals surface area contributed by atoms with Gasteiger partial charge in [0.1, 0.15) is 0 Å². The second-order valence-corrected chi connectivity index (χ2v) is 7.34. The number of hydrogen-bond donors (Lipinski definition) is 1. The molecule has 30 heavy (non-hydrogen) atoms. The van der Waals surface area contributed by atoms with Crippen molar-refractivity contribution >= 4 is 17.5 Å². The maximum atomic E-state index is 13.1. The highest BCUT2D eigenvalue weighted by Gasteiger charge is 2.37. The van der Waals surface area contributed by atoms with E-state index >= 15 is 0 Å². The van der Waals surface area contributed by atoms with Crippen molar-refractivity contribution in [2.75, 3.05) is 18.6 Å². The molecule has 3 aromatic rings. The molecule has 2 heterocycles. The third kappa shape index (κ3) is 4.17. The highest BCUT2D eigenvalue weighted by Crippen LogP contribution is 2.26. The van der Waals surface area contributed by atoms with Crippen LogP contribution in [0.25, 0.3) is 0 Å². The van der Waals surface area contributed by atoms with E-state index in [4.69, 9.17) is 0 Å². The van der Waals surface area contributed by atoms with Crippen LogP contribution >= 0.6 is 0 Å². The second-order valence-electron chi connectivity index (χ2n) is 7.34. The number of rotatable bonds is 6. The highest BCUT2D eigenvalue weighted by atomic mass is 16.2. The highest BCUT2D eigenvalue weighted by molar-refractivity contribution is 5.90. The van der Waals surface area contributed by atoms with Gasteiger partial charge in [0.05, 0.1) is 29.9 Å². The molecule has 152 valence electrons. The summed E-state index contributed by atoms with van der Waals surface area (Å²) >= 11 is 0. The first-order valence-electron chi connectivity index (χ1n) is 9.99. The molecule has 6 nitrogen and oxygen atoms in total. The SMILES string of the molecule is CN(c1ccccc1)N1CC(C(=O)NC(c2ccccc2)c2ccccn2)CC1=O. The summed E-state index contributed by atoms with van der Waals surface area (Å²) in [6.45, 7) is 0.347. The number of nitrogens with one attached hydrogen (secondary N) is 1. The maximum absolute atomic E-state index is 13.1. The minimum absolute atomic E-state index is 0.0596.